The van der Waals surface area contributed by atoms with E-state index in [0.29, 0.717) is 18.6 Å². The van der Waals surface area contributed by atoms with Gasteiger partial charge in [-0.15, -0.1) is 0 Å². The standard InChI is InChI=1S/C17H22N2O2/c20-17-3-1-2-10-19(17)14-6-4-13(5-7-14)18-11-15-8-9-16(12-18)21-15/h4-7,15-16H,1-3,8-12H2. The zero-order valence-electron chi connectivity index (χ0n) is 12.3. The average molecular weight is 286 g/mol. The first kappa shape index (κ1) is 13.1. The summed E-state index contributed by atoms with van der Waals surface area (Å²) in [5.41, 5.74) is 2.29. The molecule has 2 atom stereocenters. The minimum atomic E-state index is 0.262. The van der Waals surface area contributed by atoms with Gasteiger partial charge in [-0.3, -0.25) is 4.79 Å². The van der Waals surface area contributed by atoms with E-state index < -0.39 is 0 Å². The van der Waals surface area contributed by atoms with Crippen LogP contribution in [0.2, 0.25) is 0 Å². The molecule has 3 saturated heterocycles. The number of carbonyl (C=O) groups excluding carboxylic acids is 1. The lowest BCUT2D eigenvalue weighted by molar-refractivity contribution is -0.119. The van der Waals surface area contributed by atoms with E-state index in [4.69, 9.17) is 4.74 Å². The Bertz CT molecular complexity index is 516. The molecule has 0 N–H and O–H groups in total. The molecule has 3 aliphatic heterocycles. The fraction of sp³-hybridized carbons (Fsp3) is 0.588. The molecule has 0 saturated carbocycles. The highest BCUT2D eigenvalue weighted by Crippen LogP contribution is 2.31. The van der Waals surface area contributed by atoms with Crippen molar-refractivity contribution in [3.8, 4) is 0 Å². The van der Waals surface area contributed by atoms with Crippen molar-refractivity contribution >= 4 is 17.3 Å². The maximum Gasteiger partial charge on any atom is 0.226 e. The minimum absolute atomic E-state index is 0.262. The van der Waals surface area contributed by atoms with Gasteiger partial charge in [0.25, 0.3) is 0 Å². The molecular formula is C17H22N2O2. The van der Waals surface area contributed by atoms with Gasteiger partial charge in [0.2, 0.25) is 5.91 Å². The number of nitrogens with zero attached hydrogens (tertiary/aromatic N) is 2. The molecule has 1 aromatic rings. The highest BCUT2D eigenvalue weighted by Gasteiger charge is 2.33. The van der Waals surface area contributed by atoms with Gasteiger partial charge < -0.3 is 14.5 Å². The van der Waals surface area contributed by atoms with Crippen LogP contribution < -0.4 is 9.80 Å². The summed E-state index contributed by atoms with van der Waals surface area (Å²) in [6.07, 6.45) is 6.04. The van der Waals surface area contributed by atoms with E-state index in [1.54, 1.807) is 0 Å². The lowest BCUT2D eigenvalue weighted by Crippen LogP contribution is -2.42. The van der Waals surface area contributed by atoms with Crippen LogP contribution in [0.25, 0.3) is 0 Å². The highest BCUT2D eigenvalue weighted by atomic mass is 16.5. The molecule has 1 amide bonds. The van der Waals surface area contributed by atoms with Crippen LogP contribution in [0.4, 0.5) is 11.4 Å². The van der Waals surface area contributed by atoms with Crippen molar-refractivity contribution in [2.24, 2.45) is 0 Å². The smallest absolute Gasteiger partial charge is 0.226 e. The molecule has 3 fully saturated rings. The summed E-state index contributed by atoms with van der Waals surface area (Å²) < 4.78 is 5.89. The molecule has 1 aromatic carbocycles. The van der Waals surface area contributed by atoms with Crippen molar-refractivity contribution in [3.63, 3.8) is 0 Å². The molecule has 0 spiro atoms. The maximum absolute atomic E-state index is 12.0. The van der Waals surface area contributed by atoms with Gasteiger partial charge >= 0.3 is 0 Å². The van der Waals surface area contributed by atoms with Gasteiger partial charge in [-0.25, -0.2) is 0 Å². The van der Waals surface area contributed by atoms with E-state index in [1.807, 2.05) is 4.90 Å². The SMILES string of the molecule is O=C1CCCCN1c1ccc(N2CC3CCC(C2)O3)cc1. The van der Waals surface area contributed by atoms with Crippen LogP contribution in [-0.4, -0.2) is 37.7 Å². The first-order chi connectivity index (χ1) is 10.3. The summed E-state index contributed by atoms with van der Waals surface area (Å²) in [6, 6.07) is 8.50. The Balaban J connectivity index is 1.49. The fourth-order valence-corrected chi connectivity index (χ4v) is 3.75. The van der Waals surface area contributed by atoms with E-state index >= 15 is 0 Å². The van der Waals surface area contributed by atoms with Gasteiger partial charge in [-0.1, -0.05) is 0 Å². The second kappa shape index (κ2) is 5.34. The number of morpholine rings is 1. The Morgan fingerprint density at radius 1 is 0.952 bits per heavy atom. The predicted molar refractivity (Wildman–Crippen MR) is 82.8 cm³/mol. The van der Waals surface area contributed by atoms with Gasteiger partial charge in [0.1, 0.15) is 0 Å². The summed E-state index contributed by atoms with van der Waals surface area (Å²) in [5.74, 6) is 0.262. The molecule has 2 unspecified atom stereocenters. The lowest BCUT2D eigenvalue weighted by atomic mass is 10.1. The van der Waals surface area contributed by atoms with Crippen LogP contribution in [-0.2, 0) is 9.53 Å². The molecule has 112 valence electrons. The van der Waals surface area contributed by atoms with Crippen molar-refractivity contribution in [1.29, 1.82) is 0 Å². The number of carbonyl (C=O) groups is 1. The average Bonchev–Trinajstić information content (AvgIpc) is 2.86. The first-order valence-corrected chi connectivity index (χ1v) is 8.10. The number of hydrogen-bond donors (Lipinski definition) is 0. The highest BCUT2D eigenvalue weighted by molar-refractivity contribution is 5.94. The normalized spacial score (nSPS) is 29.0. The Morgan fingerprint density at radius 2 is 1.62 bits per heavy atom. The first-order valence-electron chi connectivity index (χ1n) is 8.10. The molecule has 3 heterocycles. The van der Waals surface area contributed by atoms with E-state index in [0.717, 1.165) is 38.2 Å². The van der Waals surface area contributed by atoms with Crippen LogP contribution in [0.1, 0.15) is 32.1 Å². The van der Waals surface area contributed by atoms with Gasteiger partial charge in [0, 0.05) is 37.4 Å². The van der Waals surface area contributed by atoms with Gasteiger partial charge in [0.05, 0.1) is 12.2 Å². The Kier molecular flexibility index (Phi) is 3.34. The zero-order valence-corrected chi connectivity index (χ0v) is 12.3. The third-order valence-corrected chi connectivity index (χ3v) is 4.89. The number of fused-ring (bicyclic) bond motifs is 2. The molecule has 3 aliphatic rings. The summed E-state index contributed by atoms with van der Waals surface area (Å²) in [6.45, 7) is 2.86. The largest absolute Gasteiger partial charge is 0.371 e. The van der Waals surface area contributed by atoms with Gasteiger partial charge in [-0.2, -0.15) is 0 Å². The van der Waals surface area contributed by atoms with Crippen molar-refractivity contribution in [2.75, 3.05) is 29.4 Å². The van der Waals surface area contributed by atoms with Crippen LogP contribution >= 0.6 is 0 Å². The Morgan fingerprint density at radius 3 is 2.29 bits per heavy atom. The minimum Gasteiger partial charge on any atom is -0.371 e. The number of ether oxygens (including phenoxy) is 1. The molecule has 4 heteroatoms. The summed E-state index contributed by atoms with van der Waals surface area (Å²) >= 11 is 0. The summed E-state index contributed by atoms with van der Waals surface area (Å²) in [4.78, 5) is 16.3. The fourth-order valence-electron chi connectivity index (χ4n) is 3.75. The third-order valence-electron chi connectivity index (χ3n) is 4.89. The molecule has 4 rings (SSSR count). The number of hydrogen-bond acceptors (Lipinski definition) is 3. The summed E-state index contributed by atoms with van der Waals surface area (Å²) in [7, 11) is 0. The van der Waals surface area contributed by atoms with E-state index in [2.05, 4.69) is 29.2 Å². The van der Waals surface area contributed by atoms with Crippen molar-refractivity contribution < 1.29 is 9.53 Å². The van der Waals surface area contributed by atoms with Gasteiger partial charge in [-0.05, 0) is 49.9 Å². The number of rotatable bonds is 2. The monoisotopic (exact) mass is 286 g/mol. The molecule has 0 radical (unpaired) electrons. The maximum atomic E-state index is 12.0. The number of piperidine rings is 1. The zero-order chi connectivity index (χ0) is 14.2. The van der Waals surface area contributed by atoms with Crippen LogP contribution in [0, 0.1) is 0 Å². The molecule has 2 bridgehead atoms. The second-order valence-corrected chi connectivity index (χ2v) is 6.38. The number of anilines is 2. The summed E-state index contributed by atoms with van der Waals surface area (Å²) in [5, 5.41) is 0. The van der Waals surface area contributed by atoms with E-state index in [-0.39, 0.29) is 5.91 Å². The second-order valence-electron chi connectivity index (χ2n) is 6.38. The quantitative estimate of drug-likeness (QED) is 0.837. The molecular weight excluding hydrogens is 264 g/mol. The van der Waals surface area contributed by atoms with Crippen LogP contribution in [0.15, 0.2) is 24.3 Å². The number of amides is 1. The van der Waals surface area contributed by atoms with Crippen molar-refractivity contribution in [3.05, 3.63) is 24.3 Å². The Labute approximate surface area is 125 Å². The lowest BCUT2D eigenvalue weighted by Gasteiger charge is -2.34. The van der Waals surface area contributed by atoms with Gasteiger partial charge in [0.15, 0.2) is 0 Å². The molecule has 4 nitrogen and oxygen atoms in total. The van der Waals surface area contributed by atoms with Crippen molar-refractivity contribution in [1.82, 2.24) is 0 Å². The Hall–Kier alpha value is -1.55. The topological polar surface area (TPSA) is 32.8 Å². The van der Waals surface area contributed by atoms with Crippen molar-refractivity contribution in [2.45, 2.75) is 44.3 Å². The van der Waals surface area contributed by atoms with E-state index in [9.17, 15) is 4.79 Å². The van der Waals surface area contributed by atoms with Crippen LogP contribution in [0.3, 0.4) is 0 Å². The molecule has 21 heavy (non-hydrogen) atoms. The van der Waals surface area contributed by atoms with Crippen LogP contribution in [0.5, 0.6) is 0 Å². The third kappa shape index (κ3) is 2.53. The predicted octanol–water partition coefficient (Wildman–Crippen LogP) is 2.57. The molecule has 0 aromatic heterocycles. The van der Waals surface area contributed by atoms with E-state index in [1.165, 1.54) is 18.5 Å². The molecule has 0 aliphatic carbocycles. The number of benzene rings is 1.